The number of nitrogens with one attached hydrogen (secondary N) is 2. The summed E-state index contributed by atoms with van der Waals surface area (Å²) in [7, 11) is 0. The highest BCUT2D eigenvalue weighted by atomic mass is 32.1. The molecule has 3 heterocycles. The van der Waals surface area contributed by atoms with Gasteiger partial charge >= 0.3 is 6.01 Å². The lowest BCUT2D eigenvalue weighted by molar-refractivity contribution is -0.119. The molecular weight excluding hydrogens is 432 g/mol. The van der Waals surface area contributed by atoms with E-state index in [4.69, 9.17) is 10.2 Å². The molecule has 1 fully saturated rings. The molecule has 4 aromatic rings. The lowest BCUT2D eigenvalue weighted by Crippen LogP contribution is -2.29. The van der Waals surface area contributed by atoms with E-state index in [9.17, 15) is 14.4 Å². The summed E-state index contributed by atoms with van der Waals surface area (Å²) in [5.74, 6) is -1.36. The largest absolute Gasteiger partial charge is 0.400 e. The average molecular weight is 448 g/mol. The molecule has 160 valence electrons. The van der Waals surface area contributed by atoms with Crippen molar-refractivity contribution in [2.45, 2.75) is 12.5 Å². The Kier molecular flexibility index (Phi) is 4.86. The van der Waals surface area contributed by atoms with Crippen LogP contribution in [0.3, 0.4) is 0 Å². The molecule has 1 atom stereocenters. The van der Waals surface area contributed by atoms with E-state index in [-0.39, 0.29) is 22.8 Å². The number of fused-ring (bicyclic) bond motifs is 1. The predicted molar refractivity (Wildman–Crippen MR) is 116 cm³/mol. The first-order chi connectivity index (χ1) is 15.5. The molecule has 1 saturated heterocycles. The molecule has 2 aromatic heterocycles. The van der Waals surface area contributed by atoms with Gasteiger partial charge in [0.25, 0.3) is 11.7 Å². The predicted octanol–water partition coefficient (Wildman–Crippen LogP) is 1.98. The maximum atomic E-state index is 12.9. The maximum absolute atomic E-state index is 12.9. The SMILES string of the molecule is NC(=O)c1ccc(-c2cccc3nc(C(=O)c4nnc(N[C@H]5CCNC5=O)o4)sc23)cc1. The van der Waals surface area contributed by atoms with Gasteiger partial charge in [-0.25, -0.2) is 4.98 Å². The zero-order valence-electron chi connectivity index (χ0n) is 16.5. The first-order valence-electron chi connectivity index (χ1n) is 9.72. The van der Waals surface area contributed by atoms with E-state index in [1.165, 1.54) is 11.3 Å². The second-order valence-corrected chi connectivity index (χ2v) is 8.13. The first kappa shape index (κ1) is 19.8. The Morgan fingerprint density at radius 1 is 1.16 bits per heavy atom. The van der Waals surface area contributed by atoms with Gasteiger partial charge in [0, 0.05) is 17.7 Å². The van der Waals surface area contributed by atoms with Crippen molar-refractivity contribution < 1.29 is 18.8 Å². The third-order valence-corrected chi connectivity index (χ3v) is 6.16. The van der Waals surface area contributed by atoms with E-state index in [1.54, 1.807) is 24.3 Å². The minimum absolute atomic E-state index is 0.00624. The van der Waals surface area contributed by atoms with Crippen molar-refractivity contribution >= 4 is 45.2 Å². The number of nitrogens with two attached hydrogens (primary N) is 1. The van der Waals surface area contributed by atoms with Crippen LogP contribution in [0.4, 0.5) is 6.01 Å². The van der Waals surface area contributed by atoms with Crippen molar-refractivity contribution in [2.24, 2.45) is 5.73 Å². The number of primary amides is 1. The zero-order chi connectivity index (χ0) is 22.2. The zero-order valence-corrected chi connectivity index (χ0v) is 17.3. The molecule has 2 aromatic carbocycles. The van der Waals surface area contributed by atoms with Gasteiger partial charge in [-0.1, -0.05) is 29.4 Å². The van der Waals surface area contributed by atoms with Crippen LogP contribution in [0.5, 0.6) is 0 Å². The van der Waals surface area contributed by atoms with E-state index < -0.39 is 17.7 Å². The molecule has 0 saturated carbocycles. The molecule has 5 rings (SSSR count). The van der Waals surface area contributed by atoms with Gasteiger partial charge in [0.1, 0.15) is 6.04 Å². The number of carbonyl (C=O) groups is 3. The summed E-state index contributed by atoms with van der Waals surface area (Å²) < 4.78 is 6.23. The van der Waals surface area contributed by atoms with Crippen LogP contribution in [-0.4, -0.2) is 45.4 Å². The van der Waals surface area contributed by atoms with Gasteiger partial charge in [0.15, 0.2) is 5.01 Å². The summed E-state index contributed by atoms with van der Waals surface area (Å²) in [4.78, 5) is 40.3. The molecule has 32 heavy (non-hydrogen) atoms. The number of anilines is 1. The molecule has 2 amide bonds. The Labute approximate surface area is 184 Å². The number of carbonyl (C=O) groups excluding carboxylic acids is 3. The fourth-order valence-electron chi connectivity index (χ4n) is 3.43. The molecule has 1 aliphatic rings. The summed E-state index contributed by atoms with van der Waals surface area (Å²) in [5.41, 5.74) is 8.11. The van der Waals surface area contributed by atoms with E-state index in [1.807, 2.05) is 18.2 Å². The highest BCUT2D eigenvalue weighted by molar-refractivity contribution is 7.21. The lowest BCUT2D eigenvalue weighted by atomic mass is 10.0. The Bertz CT molecular complexity index is 1360. The van der Waals surface area contributed by atoms with Crippen LogP contribution in [0.2, 0.25) is 0 Å². The molecule has 0 radical (unpaired) electrons. The highest BCUT2D eigenvalue weighted by Gasteiger charge is 2.27. The van der Waals surface area contributed by atoms with Crippen LogP contribution >= 0.6 is 11.3 Å². The van der Waals surface area contributed by atoms with Gasteiger partial charge in [0.2, 0.25) is 11.8 Å². The molecular formula is C21H16N6O4S. The number of amides is 2. The van der Waals surface area contributed by atoms with E-state index in [2.05, 4.69) is 25.8 Å². The van der Waals surface area contributed by atoms with Crippen LogP contribution in [0.15, 0.2) is 46.9 Å². The molecule has 4 N–H and O–H groups in total. The minimum atomic E-state index is -0.502. The molecule has 1 aliphatic heterocycles. The topological polar surface area (TPSA) is 153 Å². The fraction of sp³-hybridized carbons (Fsp3) is 0.143. The van der Waals surface area contributed by atoms with Gasteiger partial charge in [-0.2, -0.15) is 0 Å². The van der Waals surface area contributed by atoms with Gasteiger partial charge in [-0.15, -0.1) is 16.4 Å². The second kappa shape index (κ2) is 7.85. The van der Waals surface area contributed by atoms with E-state index in [0.29, 0.717) is 24.0 Å². The second-order valence-electron chi connectivity index (χ2n) is 7.13. The molecule has 11 heteroatoms. The standard InChI is InChI=1S/C21H16N6O4S/c22-17(29)11-6-4-10(5-7-11)12-2-1-3-13-16(12)32-20(24-13)15(28)19-26-27-21(31-19)25-14-8-9-23-18(14)30/h1-7,14H,8-9H2,(H2,22,29)(H,23,30)(H,25,27)/t14-/m0/s1. The summed E-state index contributed by atoms with van der Waals surface area (Å²) >= 11 is 1.21. The third-order valence-electron chi connectivity index (χ3n) is 5.06. The van der Waals surface area contributed by atoms with Crippen molar-refractivity contribution in [2.75, 3.05) is 11.9 Å². The van der Waals surface area contributed by atoms with Gasteiger partial charge in [0.05, 0.1) is 10.2 Å². The molecule has 0 aliphatic carbocycles. The van der Waals surface area contributed by atoms with Gasteiger partial charge < -0.3 is 20.8 Å². The Hall–Kier alpha value is -4.12. The summed E-state index contributed by atoms with van der Waals surface area (Å²) in [6.45, 7) is 0.565. The third kappa shape index (κ3) is 3.58. The normalized spacial score (nSPS) is 15.6. The van der Waals surface area contributed by atoms with E-state index in [0.717, 1.165) is 15.8 Å². The Morgan fingerprint density at radius 3 is 2.69 bits per heavy atom. The summed E-state index contributed by atoms with van der Waals surface area (Å²) in [6.07, 6.45) is 0.589. The number of benzene rings is 2. The molecule has 0 unspecified atom stereocenters. The number of hydrogen-bond acceptors (Lipinski definition) is 9. The van der Waals surface area contributed by atoms with Crippen molar-refractivity contribution in [3.8, 4) is 11.1 Å². The number of rotatable bonds is 6. The lowest BCUT2D eigenvalue weighted by Gasteiger charge is -2.05. The molecule has 0 spiro atoms. The van der Waals surface area contributed by atoms with Crippen LogP contribution in [0, 0.1) is 0 Å². The number of aromatic nitrogens is 3. The van der Waals surface area contributed by atoms with Crippen LogP contribution in [-0.2, 0) is 4.79 Å². The van der Waals surface area contributed by atoms with Gasteiger partial charge in [-0.3, -0.25) is 14.4 Å². The van der Waals surface area contributed by atoms with Crippen molar-refractivity contribution in [1.29, 1.82) is 0 Å². The first-order valence-corrected chi connectivity index (χ1v) is 10.5. The Balaban J connectivity index is 1.43. The number of hydrogen-bond donors (Lipinski definition) is 3. The number of thiazole rings is 1. The van der Waals surface area contributed by atoms with Crippen LogP contribution < -0.4 is 16.4 Å². The fourth-order valence-corrected chi connectivity index (χ4v) is 4.46. The van der Waals surface area contributed by atoms with Crippen molar-refractivity contribution in [3.63, 3.8) is 0 Å². The summed E-state index contributed by atoms with van der Waals surface area (Å²) in [6, 6.07) is 12.0. The smallest absolute Gasteiger partial charge is 0.316 e. The van der Waals surface area contributed by atoms with Crippen LogP contribution in [0.25, 0.3) is 21.3 Å². The van der Waals surface area contributed by atoms with E-state index >= 15 is 0 Å². The number of nitrogens with zero attached hydrogens (tertiary/aromatic N) is 3. The maximum Gasteiger partial charge on any atom is 0.316 e. The molecule has 10 nitrogen and oxygen atoms in total. The highest BCUT2D eigenvalue weighted by Crippen LogP contribution is 2.34. The van der Waals surface area contributed by atoms with Gasteiger partial charge in [-0.05, 0) is 30.2 Å². The quantitative estimate of drug-likeness (QED) is 0.379. The summed E-state index contributed by atoms with van der Waals surface area (Å²) in [5, 5.41) is 13.3. The van der Waals surface area contributed by atoms with Crippen molar-refractivity contribution in [3.05, 3.63) is 58.9 Å². The molecule has 0 bridgehead atoms. The monoisotopic (exact) mass is 448 g/mol. The van der Waals surface area contributed by atoms with Crippen LogP contribution in [0.1, 0.15) is 32.5 Å². The Morgan fingerprint density at radius 2 is 1.97 bits per heavy atom. The number of ketones is 1. The van der Waals surface area contributed by atoms with Crippen molar-refractivity contribution in [1.82, 2.24) is 20.5 Å². The average Bonchev–Trinajstić information content (AvgIpc) is 3.53. The minimum Gasteiger partial charge on any atom is -0.400 e.